The highest BCUT2D eigenvalue weighted by Crippen LogP contribution is 2.16. The van der Waals surface area contributed by atoms with E-state index in [4.69, 9.17) is 0 Å². The van der Waals surface area contributed by atoms with E-state index in [1.165, 1.54) is 11.1 Å². The Kier molecular flexibility index (Phi) is 6.33. The summed E-state index contributed by atoms with van der Waals surface area (Å²) in [6.45, 7) is 2.78. The van der Waals surface area contributed by atoms with Gasteiger partial charge in [0, 0.05) is 22.5 Å². The molecule has 2 rings (SSSR count). The minimum Gasteiger partial charge on any atom is -0.351 e. The zero-order chi connectivity index (χ0) is 15.1. The molecule has 21 heavy (non-hydrogen) atoms. The summed E-state index contributed by atoms with van der Waals surface area (Å²) in [4.78, 5) is 12.0. The van der Waals surface area contributed by atoms with Crippen molar-refractivity contribution in [3.8, 4) is 0 Å². The third kappa shape index (κ3) is 5.21. The van der Waals surface area contributed by atoms with Gasteiger partial charge >= 0.3 is 0 Å². The second-order valence-corrected chi connectivity index (χ2v) is 6.74. The monoisotopic (exact) mass is 363 g/mol. The van der Waals surface area contributed by atoms with Gasteiger partial charge in [0.25, 0.3) is 5.91 Å². The van der Waals surface area contributed by atoms with E-state index in [1.54, 1.807) is 0 Å². The molecule has 0 spiro atoms. The van der Waals surface area contributed by atoms with Crippen LogP contribution >= 0.6 is 27.7 Å². The molecular weight excluding hydrogens is 346 g/mol. The van der Waals surface area contributed by atoms with Crippen LogP contribution in [0.5, 0.6) is 0 Å². The Morgan fingerprint density at radius 3 is 2.76 bits per heavy atom. The van der Waals surface area contributed by atoms with Crippen LogP contribution in [-0.2, 0) is 5.75 Å². The smallest absolute Gasteiger partial charge is 0.252 e. The molecule has 2 aromatic rings. The molecule has 0 radical (unpaired) electrons. The van der Waals surface area contributed by atoms with Crippen LogP contribution in [0, 0.1) is 6.92 Å². The van der Waals surface area contributed by atoms with Crippen LogP contribution in [0.1, 0.15) is 21.5 Å². The first-order valence-electron chi connectivity index (χ1n) is 6.83. The zero-order valence-electron chi connectivity index (χ0n) is 11.9. The van der Waals surface area contributed by atoms with Gasteiger partial charge in [-0.25, -0.2) is 0 Å². The third-order valence-corrected chi connectivity index (χ3v) is 4.72. The molecule has 110 valence electrons. The summed E-state index contributed by atoms with van der Waals surface area (Å²) < 4.78 is 0.829. The van der Waals surface area contributed by atoms with Crippen LogP contribution in [0.25, 0.3) is 0 Å². The highest BCUT2D eigenvalue weighted by molar-refractivity contribution is 9.10. The van der Waals surface area contributed by atoms with Crippen molar-refractivity contribution in [2.24, 2.45) is 0 Å². The number of hydrogen-bond donors (Lipinski definition) is 1. The van der Waals surface area contributed by atoms with Crippen LogP contribution in [0.2, 0.25) is 0 Å². The fraction of sp³-hybridized carbons (Fsp3) is 0.235. The molecule has 0 atom stereocenters. The molecule has 0 aliphatic carbocycles. The lowest BCUT2D eigenvalue weighted by atomic mass is 10.2. The summed E-state index contributed by atoms with van der Waals surface area (Å²) in [7, 11) is 0. The van der Waals surface area contributed by atoms with Crippen LogP contribution in [-0.4, -0.2) is 18.2 Å². The molecule has 0 aliphatic heterocycles. The van der Waals surface area contributed by atoms with Gasteiger partial charge in [-0.3, -0.25) is 4.79 Å². The molecule has 0 heterocycles. The van der Waals surface area contributed by atoms with Gasteiger partial charge in [0.1, 0.15) is 0 Å². The van der Waals surface area contributed by atoms with E-state index in [-0.39, 0.29) is 5.91 Å². The molecule has 4 heteroatoms. The Balaban J connectivity index is 1.70. The Bertz CT molecular complexity index is 615. The minimum atomic E-state index is -0.0290. The first-order valence-corrected chi connectivity index (χ1v) is 8.77. The van der Waals surface area contributed by atoms with Gasteiger partial charge in [-0.1, -0.05) is 42.0 Å². The number of halogens is 1. The first kappa shape index (κ1) is 16.1. The number of benzene rings is 2. The second-order valence-electron chi connectivity index (χ2n) is 4.78. The fourth-order valence-corrected chi connectivity index (χ4v) is 3.24. The average Bonchev–Trinajstić information content (AvgIpc) is 2.47. The predicted octanol–water partition coefficient (Wildman–Crippen LogP) is 4.42. The molecule has 2 aromatic carbocycles. The van der Waals surface area contributed by atoms with E-state index in [0.717, 1.165) is 16.0 Å². The lowest BCUT2D eigenvalue weighted by Gasteiger charge is -2.07. The molecule has 0 saturated carbocycles. The molecule has 0 unspecified atom stereocenters. The number of thioether (sulfide) groups is 1. The van der Waals surface area contributed by atoms with Crippen LogP contribution in [0.15, 0.2) is 53.0 Å². The maximum Gasteiger partial charge on any atom is 0.252 e. The largest absolute Gasteiger partial charge is 0.351 e. The number of carbonyl (C=O) groups is 1. The Labute approximate surface area is 138 Å². The summed E-state index contributed by atoms with van der Waals surface area (Å²) in [6, 6.07) is 16.0. The number of carbonyl (C=O) groups excluding carboxylic acids is 1. The standard InChI is InChI=1S/C17H18BrNOS/c1-13-5-4-6-14(11-13)12-21-10-9-19-17(20)15-7-2-3-8-16(15)18/h2-8,11H,9-10,12H2,1H3,(H,19,20). The summed E-state index contributed by atoms with van der Waals surface area (Å²) in [5, 5.41) is 2.95. The van der Waals surface area contributed by atoms with Gasteiger partial charge in [-0.05, 0) is 40.5 Å². The van der Waals surface area contributed by atoms with Crippen molar-refractivity contribution in [2.75, 3.05) is 12.3 Å². The van der Waals surface area contributed by atoms with Crippen LogP contribution < -0.4 is 5.32 Å². The number of amides is 1. The predicted molar refractivity (Wildman–Crippen MR) is 93.8 cm³/mol. The normalized spacial score (nSPS) is 10.4. The summed E-state index contributed by atoms with van der Waals surface area (Å²) in [5.41, 5.74) is 3.30. The Morgan fingerprint density at radius 1 is 1.19 bits per heavy atom. The summed E-state index contributed by atoms with van der Waals surface area (Å²) in [5.74, 6) is 1.86. The lowest BCUT2D eigenvalue weighted by Crippen LogP contribution is -2.26. The SMILES string of the molecule is Cc1cccc(CSCCNC(=O)c2ccccc2Br)c1. The van der Waals surface area contributed by atoms with Crippen molar-refractivity contribution in [3.05, 3.63) is 69.7 Å². The highest BCUT2D eigenvalue weighted by atomic mass is 79.9. The highest BCUT2D eigenvalue weighted by Gasteiger charge is 2.07. The van der Waals surface area contributed by atoms with Crippen molar-refractivity contribution in [1.29, 1.82) is 0 Å². The van der Waals surface area contributed by atoms with E-state index in [0.29, 0.717) is 12.1 Å². The van der Waals surface area contributed by atoms with Crippen molar-refractivity contribution >= 4 is 33.6 Å². The van der Waals surface area contributed by atoms with E-state index >= 15 is 0 Å². The number of rotatable bonds is 6. The van der Waals surface area contributed by atoms with Gasteiger partial charge in [0.05, 0.1) is 5.56 Å². The van der Waals surface area contributed by atoms with E-state index in [2.05, 4.69) is 52.4 Å². The molecule has 1 N–H and O–H groups in total. The van der Waals surface area contributed by atoms with E-state index in [1.807, 2.05) is 36.0 Å². The quantitative estimate of drug-likeness (QED) is 0.769. The first-order chi connectivity index (χ1) is 10.2. The van der Waals surface area contributed by atoms with E-state index < -0.39 is 0 Å². The maximum atomic E-state index is 12.0. The molecule has 0 fully saturated rings. The van der Waals surface area contributed by atoms with Gasteiger partial charge in [0.2, 0.25) is 0 Å². The summed E-state index contributed by atoms with van der Waals surface area (Å²) >= 11 is 5.22. The molecule has 2 nitrogen and oxygen atoms in total. The van der Waals surface area contributed by atoms with Gasteiger partial charge in [0.15, 0.2) is 0 Å². The molecule has 0 saturated heterocycles. The van der Waals surface area contributed by atoms with Crippen molar-refractivity contribution in [1.82, 2.24) is 5.32 Å². The van der Waals surface area contributed by atoms with Crippen LogP contribution in [0.3, 0.4) is 0 Å². The van der Waals surface area contributed by atoms with Crippen molar-refractivity contribution in [2.45, 2.75) is 12.7 Å². The van der Waals surface area contributed by atoms with Gasteiger partial charge < -0.3 is 5.32 Å². The van der Waals surface area contributed by atoms with Gasteiger partial charge in [-0.15, -0.1) is 0 Å². The third-order valence-electron chi connectivity index (χ3n) is 3.00. The number of nitrogens with one attached hydrogen (secondary N) is 1. The maximum absolute atomic E-state index is 12.0. The fourth-order valence-electron chi connectivity index (χ4n) is 1.97. The Morgan fingerprint density at radius 2 is 2.00 bits per heavy atom. The molecule has 0 aliphatic rings. The number of hydrogen-bond acceptors (Lipinski definition) is 2. The molecule has 0 bridgehead atoms. The number of aryl methyl sites for hydroxylation is 1. The lowest BCUT2D eigenvalue weighted by molar-refractivity contribution is 0.0955. The van der Waals surface area contributed by atoms with E-state index in [9.17, 15) is 4.79 Å². The molecule has 1 amide bonds. The minimum absolute atomic E-state index is 0.0290. The van der Waals surface area contributed by atoms with Crippen LogP contribution in [0.4, 0.5) is 0 Å². The van der Waals surface area contributed by atoms with Crippen molar-refractivity contribution in [3.63, 3.8) is 0 Å². The van der Waals surface area contributed by atoms with Gasteiger partial charge in [-0.2, -0.15) is 11.8 Å². The molecule has 0 aromatic heterocycles. The topological polar surface area (TPSA) is 29.1 Å². The zero-order valence-corrected chi connectivity index (χ0v) is 14.3. The average molecular weight is 364 g/mol. The summed E-state index contributed by atoms with van der Waals surface area (Å²) in [6.07, 6.45) is 0. The molecular formula is C17H18BrNOS. The van der Waals surface area contributed by atoms with Crippen molar-refractivity contribution < 1.29 is 4.79 Å². The Hall–Kier alpha value is -1.26. The second kappa shape index (κ2) is 8.25.